The Morgan fingerprint density at radius 2 is 1.86 bits per heavy atom. The Balaban J connectivity index is 2.31. The highest BCUT2D eigenvalue weighted by Crippen LogP contribution is 2.17. The van der Waals surface area contributed by atoms with Crippen LogP contribution in [0.25, 0.3) is 0 Å². The van der Waals surface area contributed by atoms with Crippen LogP contribution in [0.3, 0.4) is 0 Å². The third kappa shape index (κ3) is 6.43. The molecule has 0 saturated carbocycles. The SMILES string of the molecule is CCCCn1c(N)c(N(CCOC)C(=O)C[NH+]2CCCCCCC2)c(=O)[nH]c1=O. The van der Waals surface area contributed by atoms with E-state index in [-0.39, 0.29) is 30.6 Å². The molecule has 1 aromatic rings. The van der Waals surface area contributed by atoms with Crippen LogP contribution in [-0.2, 0) is 16.1 Å². The number of aromatic nitrogens is 2. The summed E-state index contributed by atoms with van der Waals surface area (Å²) in [7, 11) is 1.54. The first-order valence-corrected chi connectivity index (χ1v) is 10.7. The van der Waals surface area contributed by atoms with Crippen molar-refractivity contribution in [3.05, 3.63) is 20.8 Å². The number of nitrogen functional groups attached to an aromatic ring is 1. The Labute approximate surface area is 171 Å². The summed E-state index contributed by atoms with van der Waals surface area (Å²) in [5.41, 5.74) is 5.09. The molecule has 29 heavy (non-hydrogen) atoms. The molecule has 1 aliphatic heterocycles. The van der Waals surface area contributed by atoms with Gasteiger partial charge in [-0.05, 0) is 32.1 Å². The van der Waals surface area contributed by atoms with E-state index in [1.54, 1.807) is 7.11 Å². The van der Waals surface area contributed by atoms with Crippen LogP contribution in [0.4, 0.5) is 11.5 Å². The first-order chi connectivity index (χ1) is 14.0. The second-order valence-electron chi connectivity index (χ2n) is 7.73. The van der Waals surface area contributed by atoms with Crippen molar-refractivity contribution in [2.45, 2.75) is 58.4 Å². The molecule has 164 valence electrons. The van der Waals surface area contributed by atoms with Gasteiger partial charge in [0.15, 0.2) is 12.2 Å². The zero-order valence-corrected chi connectivity index (χ0v) is 17.8. The molecule has 2 heterocycles. The Bertz CT molecular complexity index is 765. The highest BCUT2D eigenvalue weighted by atomic mass is 16.5. The number of nitrogens with zero attached hydrogens (tertiary/aromatic N) is 2. The maximum Gasteiger partial charge on any atom is 0.330 e. The molecule has 2 rings (SSSR count). The minimum Gasteiger partial charge on any atom is -0.383 e. The lowest BCUT2D eigenvalue weighted by molar-refractivity contribution is -0.892. The monoisotopic (exact) mass is 410 g/mol. The number of amides is 1. The average Bonchev–Trinajstić information content (AvgIpc) is 2.66. The molecular weight excluding hydrogens is 374 g/mol. The van der Waals surface area contributed by atoms with E-state index >= 15 is 0 Å². The van der Waals surface area contributed by atoms with Crippen LogP contribution in [0.1, 0.15) is 51.9 Å². The fourth-order valence-corrected chi connectivity index (χ4v) is 3.81. The third-order valence-electron chi connectivity index (χ3n) is 5.50. The second kappa shape index (κ2) is 11.8. The molecule has 0 bridgehead atoms. The summed E-state index contributed by atoms with van der Waals surface area (Å²) in [6.07, 6.45) is 7.48. The van der Waals surface area contributed by atoms with Gasteiger partial charge in [0.1, 0.15) is 5.82 Å². The summed E-state index contributed by atoms with van der Waals surface area (Å²) >= 11 is 0. The van der Waals surface area contributed by atoms with Gasteiger partial charge in [-0.25, -0.2) is 4.79 Å². The lowest BCUT2D eigenvalue weighted by atomic mass is 10.1. The van der Waals surface area contributed by atoms with E-state index in [1.807, 2.05) is 6.92 Å². The number of H-pyrrole nitrogens is 1. The molecule has 1 aromatic heterocycles. The van der Waals surface area contributed by atoms with Crippen LogP contribution in [0.15, 0.2) is 9.59 Å². The second-order valence-corrected chi connectivity index (χ2v) is 7.73. The van der Waals surface area contributed by atoms with Crippen molar-refractivity contribution in [1.29, 1.82) is 0 Å². The number of anilines is 2. The number of likely N-dealkylation sites (tertiary alicyclic amines) is 1. The number of hydrogen-bond donors (Lipinski definition) is 3. The summed E-state index contributed by atoms with van der Waals surface area (Å²) in [5, 5.41) is 0. The normalized spacial score (nSPS) is 15.7. The van der Waals surface area contributed by atoms with Gasteiger partial charge in [0.2, 0.25) is 0 Å². The molecule has 0 aliphatic carbocycles. The van der Waals surface area contributed by atoms with E-state index in [4.69, 9.17) is 10.5 Å². The summed E-state index contributed by atoms with van der Waals surface area (Å²) in [4.78, 5) is 42.9. The quantitative estimate of drug-likeness (QED) is 0.519. The molecule has 1 amide bonds. The maximum absolute atomic E-state index is 13.2. The zero-order chi connectivity index (χ0) is 21.2. The van der Waals surface area contributed by atoms with E-state index in [1.165, 1.54) is 33.6 Å². The number of unbranched alkanes of at least 4 members (excludes halogenated alkanes) is 1. The molecule has 0 radical (unpaired) electrons. The minimum atomic E-state index is -0.632. The number of rotatable bonds is 9. The maximum atomic E-state index is 13.2. The first kappa shape index (κ1) is 23.2. The van der Waals surface area contributed by atoms with Gasteiger partial charge in [-0.15, -0.1) is 0 Å². The van der Waals surface area contributed by atoms with Gasteiger partial charge in [-0.1, -0.05) is 19.8 Å². The predicted octanol–water partition coefficient (Wildman–Crippen LogP) is -0.253. The molecule has 1 saturated heterocycles. The van der Waals surface area contributed by atoms with E-state index in [9.17, 15) is 14.4 Å². The van der Waals surface area contributed by atoms with Crippen LogP contribution >= 0.6 is 0 Å². The summed E-state index contributed by atoms with van der Waals surface area (Å²) in [5.74, 6) is -0.130. The average molecular weight is 411 g/mol. The topological polar surface area (TPSA) is 115 Å². The molecule has 9 heteroatoms. The summed E-state index contributed by atoms with van der Waals surface area (Å²) < 4.78 is 6.49. The predicted molar refractivity (Wildman–Crippen MR) is 114 cm³/mol. The highest BCUT2D eigenvalue weighted by Gasteiger charge is 2.27. The number of carbonyl (C=O) groups excluding carboxylic acids is 1. The Hall–Kier alpha value is -2.13. The number of nitrogens with one attached hydrogen (secondary N) is 2. The van der Waals surface area contributed by atoms with Gasteiger partial charge in [-0.3, -0.25) is 24.0 Å². The highest BCUT2D eigenvalue weighted by molar-refractivity contribution is 5.96. The Kier molecular flexibility index (Phi) is 9.40. The van der Waals surface area contributed by atoms with Gasteiger partial charge in [0, 0.05) is 20.2 Å². The van der Waals surface area contributed by atoms with Crippen molar-refractivity contribution in [1.82, 2.24) is 9.55 Å². The van der Waals surface area contributed by atoms with Crippen molar-refractivity contribution >= 4 is 17.4 Å². The van der Waals surface area contributed by atoms with E-state index in [0.717, 1.165) is 38.8 Å². The van der Waals surface area contributed by atoms with Crippen molar-refractivity contribution in [2.24, 2.45) is 0 Å². The van der Waals surface area contributed by atoms with E-state index < -0.39 is 11.2 Å². The van der Waals surface area contributed by atoms with E-state index in [0.29, 0.717) is 13.1 Å². The molecule has 0 spiro atoms. The Morgan fingerprint density at radius 3 is 2.48 bits per heavy atom. The smallest absolute Gasteiger partial charge is 0.330 e. The van der Waals surface area contributed by atoms with Gasteiger partial charge < -0.3 is 15.4 Å². The molecule has 0 atom stereocenters. The number of carbonyl (C=O) groups is 1. The largest absolute Gasteiger partial charge is 0.383 e. The Morgan fingerprint density at radius 1 is 1.21 bits per heavy atom. The standard InChI is InChI=1S/C20H35N5O4/c1-3-4-12-25-18(21)17(19(27)22-20(25)28)24(13-14-29-2)16(26)15-23-10-8-6-5-7-9-11-23/h3-15,21H2,1-2H3,(H,22,27,28)/p+1. The number of hydrogen-bond acceptors (Lipinski definition) is 5. The van der Waals surface area contributed by atoms with Crippen LogP contribution < -0.4 is 26.8 Å². The van der Waals surface area contributed by atoms with Crippen molar-refractivity contribution < 1.29 is 14.4 Å². The number of methoxy groups -OCH3 is 1. The summed E-state index contributed by atoms with van der Waals surface area (Å²) in [6, 6.07) is 0. The molecular formula is C20H36N5O4+. The van der Waals surface area contributed by atoms with Crippen molar-refractivity contribution in [3.8, 4) is 0 Å². The molecule has 0 aromatic carbocycles. The molecule has 9 nitrogen and oxygen atoms in total. The van der Waals surface area contributed by atoms with Crippen LogP contribution in [0.2, 0.25) is 0 Å². The number of nitrogens with two attached hydrogens (primary N) is 1. The number of aromatic amines is 1. The van der Waals surface area contributed by atoms with Gasteiger partial charge in [-0.2, -0.15) is 0 Å². The zero-order valence-electron chi connectivity index (χ0n) is 17.8. The fraction of sp³-hybridized carbons (Fsp3) is 0.750. The van der Waals surface area contributed by atoms with Gasteiger partial charge in [0.05, 0.1) is 19.7 Å². The minimum absolute atomic E-state index is 0.0410. The van der Waals surface area contributed by atoms with Gasteiger partial charge >= 0.3 is 5.69 Å². The third-order valence-corrected chi connectivity index (χ3v) is 5.50. The van der Waals surface area contributed by atoms with Crippen LogP contribution in [0.5, 0.6) is 0 Å². The van der Waals surface area contributed by atoms with Crippen molar-refractivity contribution in [3.63, 3.8) is 0 Å². The van der Waals surface area contributed by atoms with E-state index in [2.05, 4.69) is 4.98 Å². The molecule has 0 unspecified atom stereocenters. The molecule has 1 aliphatic rings. The lowest BCUT2D eigenvalue weighted by Gasteiger charge is -2.27. The molecule has 1 fully saturated rings. The van der Waals surface area contributed by atoms with Crippen LogP contribution in [-0.4, -0.2) is 55.4 Å². The molecule has 4 N–H and O–H groups in total. The van der Waals surface area contributed by atoms with Gasteiger partial charge in [0.25, 0.3) is 11.5 Å². The lowest BCUT2D eigenvalue weighted by Crippen LogP contribution is -3.13. The summed E-state index contributed by atoms with van der Waals surface area (Å²) in [6.45, 7) is 5.09. The number of quaternary nitrogens is 1. The number of ether oxygens (including phenoxy) is 1. The van der Waals surface area contributed by atoms with Crippen molar-refractivity contribution in [2.75, 3.05) is 50.5 Å². The first-order valence-electron chi connectivity index (χ1n) is 10.7. The van der Waals surface area contributed by atoms with Crippen LogP contribution in [0, 0.1) is 0 Å². The fourth-order valence-electron chi connectivity index (χ4n) is 3.81.